The van der Waals surface area contributed by atoms with Crippen molar-refractivity contribution in [2.45, 2.75) is 26.5 Å². The molecule has 0 saturated heterocycles. The quantitative estimate of drug-likeness (QED) is 0.130. The maximum absolute atomic E-state index is 12.6. The summed E-state index contributed by atoms with van der Waals surface area (Å²) >= 11 is 3.44. The number of urea groups is 1. The Morgan fingerprint density at radius 2 is 1.79 bits per heavy atom. The smallest absolute Gasteiger partial charge is 0.338 e. The summed E-state index contributed by atoms with van der Waals surface area (Å²) in [6.07, 6.45) is 1.42. The lowest BCUT2D eigenvalue weighted by Gasteiger charge is -2.28. The Balaban J connectivity index is 1.42. The number of hydrogen-bond donors (Lipinski definition) is 3. The van der Waals surface area contributed by atoms with Gasteiger partial charge in [-0.05, 0) is 61.4 Å². The minimum atomic E-state index is -0.794. The molecule has 3 N–H and O–H groups in total. The number of carbonyl (C=O) groups excluding carboxylic acids is 3. The van der Waals surface area contributed by atoms with E-state index in [4.69, 9.17) is 28.9 Å². The number of allylic oxidation sites excluding steroid dienone is 1. The van der Waals surface area contributed by atoms with Crippen molar-refractivity contribution in [2.75, 3.05) is 27.4 Å². The minimum Gasteiger partial charge on any atom is -0.493 e. The number of ether oxygens (including phenoxy) is 5. The molecule has 4 rings (SSSR count). The summed E-state index contributed by atoms with van der Waals surface area (Å²) in [6, 6.07) is 16.1. The summed E-state index contributed by atoms with van der Waals surface area (Å²) in [5, 5.41) is 18.4. The van der Waals surface area contributed by atoms with Gasteiger partial charge in [0.2, 0.25) is 0 Å². The maximum atomic E-state index is 12.6. The van der Waals surface area contributed by atoms with Crippen LogP contribution < -0.4 is 35.0 Å². The molecule has 0 aliphatic carbocycles. The van der Waals surface area contributed by atoms with E-state index in [0.717, 1.165) is 5.56 Å². The third kappa shape index (κ3) is 8.80. The third-order valence-electron chi connectivity index (χ3n) is 6.77. The van der Waals surface area contributed by atoms with Crippen molar-refractivity contribution in [1.82, 2.24) is 16.1 Å². The Morgan fingerprint density at radius 1 is 1.04 bits per heavy atom. The zero-order chi connectivity index (χ0) is 33.9. The Hall–Kier alpha value is -5.55. The molecule has 0 aromatic heterocycles. The second kappa shape index (κ2) is 16.1. The molecule has 3 aromatic rings. The summed E-state index contributed by atoms with van der Waals surface area (Å²) in [5.74, 6) is 0.263. The van der Waals surface area contributed by atoms with Crippen LogP contribution in [0.1, 0.15) is 42.1 Å². The van der Waals surface area contributed by atoms with E-state index in [1.807, 2.05) is 0 Å². The molecule has 1 aliphatic heterocycles. The van der Waals surface area contributed by atoms with Crippen LogP contribution in [0.25, 0.3) is 0 Å². The SMILES string of the molecule is CCOC(=O)C1=C(C)NC(=O)N[C@H]1c1ccc(OCC(=O)N/N=C/c2cc(Br)cc(OC)c2OCc2ccc(C#N)cc2)c(OC)c1. The van der Waals surface area contributed by atoms with Crippen molar-refractivity contribution in [3.8, 4) is 29.1 Å². The van der Waals surface area contributed by atoms with Crippen LogP contribution in [0.4, 0.5) is 4.79 Å². The molecule has 1 aliphatic rings. The molecular weight excluding hydrogens is 674 g/mol. The molecule has 0 fully saturated rings. The van der Waals surface area contributed by atoms with Crippen molar-refractivity contribution >= 4 is 40.1 Å². The number of nitrogens with one attached hydrogen (secondary N) is 3. The van der Waals surface area contributed by atoms with Gasteiger partial charge in [-0.2, -0.15) is 10.4 Å². The van der Waals surface area contributed by atoms with E-state index in [9.17, 15) is 14.4 Å². The predicted molar refractivity (Wildman–Crippen MR) is 174 cm³/mol. The van der Waals surface area contributed by atoms with Crippen molar-refractivity contribution in [2.24, 2.45) is 5.10 Å². The standard InChI is InChI=1S/C33H32BrN5O8/c1-5-45-32(41)29-19(2)37-33(42)38-30(29)22-10-11-25(26(13-22)43-3)46-18-28(40)39-36-16-23-12-24(34)14-27(44-4)31(23)47-17-21-8-6-20(15-35)7-9-21/h6-14,16,30H,5,17-18H2,1-4H3,(H,39,40)(H2,37,38,42)/b36-16+/t30-/m0/s1. The van der Waals surface area contributed by atoms with Gasteiger partial charge in [0, 0.05) is 15.7 Å². The van der Waals surface area contributed by atoms with E-state index in [1.165, 1.54) is 20.4 Å². The molecule has 14 heteroatoms. The molecule has 0 saturated carbocycles. The number of halogens is 1. The number of methoxy groups -OCH3 is 2. The summed E-state index contributed by atoms with van der Waals surface area (Å²) in [7, 11) is 2.94. The average Bonchev–Trinajstić information content (AvgIpc) is 3.06. The Morgan fingerprint density at radius 3 is 2.47 bits per heavy atom. The molecule has 1 atom stereocenters. The van der Waals surface area contributed by atoms with Crippen LogP contribution >= 0.6 is 15.9 Å². The van der Waals surface area contributed by atoms with E-state index in [0.29, 0.717) is 38.4 Å². The summed E-state index contributed by atoms with van der Waals surface area (Å²) < 4.78 is 28.6. The van der Waals surface area contributed by atoms with Crippen LogP contribution in [-0.2, 0) is 20.9 Å². The second-order valence-electron chi connectivity index (χ2n) is 9.91. The van der Waals surface area contributed by atoms with E-state index in [-0.39, 0.29) is 30.3 Å². The third-order valence-corrected chi connectivity index (χ3v) is 7.23. The molecule has 0 spiro atoms. The molecule has 3 amide bonds. The number of rotatable bonds is 13. The zero-order valence-corrected chi connectivity index (χ0v) is 27.6. The number of benzene rings is 3. The van der Waals surface area contributed by atoms with Crippen molar-refractivity contribution in [1.29, 1.82) is 5.26 Å². The average molecular weight is 707 g/mol. The topological polar surface area (TPSA) is 170 Å². The maximum Gasteiger partial charge on any atom is 0.338 e. The monoisotopic (exact) mass is 705 g/mol. The molecule has 47 heavy (non-hydrogen) atoms. The number of amides is 3. The fraction of sp³-hybridized carbons (Fsp3) is 0.242. The summed E-state index contributed by atoms with van der Waals surface area (Å²) in [4.78, 5) is 37.5. The predicted octanol–water partition coefficient (Wildman–Crippen LogP) is 4.64. The van der Waals surface area contributed by atoms with Crippen molar-refractivity contribution in [3.05, 3.63) is 92.6 Å². The van der Waals surface area contributed by atoms with Gasteiger partial charge < -0.3 is 34.3 Å². The van der Waals surface area contributed by atoms with E-state index in [2.05, 4.69) is 43.2 Å². The first-order valence-electron chi connectivity index (χ1n) is 14.2. The number of carbonyl (C=O) groups is 3. The first-order valence-corrected chi connectivity index (χ1v) is 15.0. The van der Waals surface area contributed by atoms with Gasteiger partial charge >= 0.3 is 12.0 Å². The van der Waals surface area contributed by atoms with Gasteiger partial charge in [0.25, 0.3) is 5.91 Å². The van der Waals surface area contributed by atoms with Crippen LogP contribution in [0.2, 0.25) is 0 Å². The number of nitrogens with zero attached hydrogens (tertiary/aromatic N) is 2. The van der Waals surface area contributed by atoms with E-state index < -0.39 is 30.6 Å². The van der Waals surface area contributed by atoms with E-state index in [1.54, 1.807) is 68.4 Å². The first-order chi connectivity index (χ1) is 22.7. The zero-order valence-electron chi connectivity index (χ0n) is 26.0. The van der Waals surface area contributed by atoms with Gasteiger partial charge in [0.1, 0.15) is 6.61 Å². The summed E-state index contributed by atoms with van der Waals surface area (Å²) in [6.45, 7) is 3.29. The number of hydrogen-bond acceptors (Lipinski definition) is 10. The molecule has 0 unspecified atom stereocenters. The highest BCUT2D eigenvalue weighted by Gasteiger charge is 2.32. The molecule has 244 valence electrons. The van der Waals surface area contributed by atoms with Gasteiger partial charge in [-0.25, -0.2) is 15.0 Å². The highest BCUT2D eigenvalue weighted by molar-refractivity contribution is 9.10. The van der Waals surface area contributed by atoms with Crippen LogP contribution in [-0.4, -0.2) is 51.6 Å². The number of esters is 1. The van der Waals surface area contributed by atoms with Crippen molar-refractivity contribution < 1.29 is 38.1 Å². The minimum absolute atomic E-state index is 0.171. The lowest BCUT2D eigenvalue weighted by Crippen LogP contribution is -2.45. The van der Waals surface area contributed by atoms with Crippen LogP contribution in [0.5, 0.6) is 23.0 Å². The summed E-state index contributed by atoms with van der Waals surface area (Å²) in [5.41, 5.74) is 5.51. The molecule has 13 nitrogen and oxygen atoms in total. The largest absolute Gasteiger partial charge is 0.493 e. The number of nitriles is 1. The van der Waals surface area contributed by atoms with Crippen molar-refractivity contribution in [3.63, 3.8) is 0 Å². The fourth-order valence-corrected chi connectivity index (χ4v) is 5.03. The van der Waals surface area contributed by atoms with Gasteiger partial charge in [-0.1, -0.05) is 34.1 Å². The molecular formula is C33H32BrN5O8. The molecule has 0 radical (unpaired) electrons. The first kappa shape index (κ1) is 34.3. The highest BCUT2D eigenvalue weighted by Crippen LogP contribution is 2.36. The van der Waals surface area contributed by atoms with Crippen LogP contribution in [0.3, 0.4) is 0 Å². The van der Waals surface area contributed by atoms with Gasteiger partial charge in [-0.3, -0.25) is 4.79 Å². The highest BCUT2D eigenvalue weighted by atomic mass is 79.9. The Bertz CT molecular complexity index is 1750. The fourth-order valence-electron chi connectivity index (χ4n) is 4.58. The molecule has 1 heterocycles. The lowest BCUT2D eigenvalue weighted by molar-refractivity contribution is -0.139. The molecule has 3 aromatic carbocycles. The van der Waals surface area contributed by atoms with E-state index >= 15 is 0 Å². The Kier molecular flexibility index (Phi) is 11.8. The number of hydrazone groups is 1. The molecule has 0 bridgehead atoms. The van der Waals surface area contributed by atoms with Gasteiger partial charge in [0.15, 0.2) is 29.6 Å². The van der Waals surface area contributed by atoms with Crippen LogP contribution in [0.15, 0.2) is 75.4 Å². The Labute approximate surface area is 279 Å². The normalized spacial score (nSPS) is 14.0. The van der Waals surface area contributed by atoms with Gasteiger partial charge in [-0.15, -0.1) is 0 Å². The van der Waals surface area contributed by atoms with Gasteiger partial charge in [0.05, 0.1) is 50.3 Å². The second-order valence-corrected chi connectivity index (χ2v) is 10.8. The van der Waals surface area contributed by atoms with Crippen LogP contribution in [0, 0.1) is 11.3 Å². The lowest BCUT2D eigenvalue weighted by atomic mass is 9.95.